The summed E-state index contributed by atoms with van der Waals surface area (Å²) in [5.74, 6) is -0.971. The highest BCUT2D eigenvalue weighted by Crippen LogP contribution is 2.14. The van der Waals surface area contributed by atoms with E-state index in [9.17, 15) is 14.0 Å². The number of imidazole rings is 1. The van der Waals surface area contributed by atoms with Crippen LogP contribution >= 0.6 is 0 Å². The molecule has 31 heavy (non-hydrogen) atoms. The van der Waals surface area contributed by atoms with Gasteiger partial charge >= 0.3 is 0 Å². The average Bonchev–Trinajstić information content (AvgIpc) is 3.25. The van der Waals surface area contributed by atoms with Gasteiger partial charge < -0.3 is 15.2 Å². The molecule has 0 aliphatic carbocycles. The predicted octanol–water partition coefficient (Wildman–Crippen LogP) is 4.58. The summed E-state index contributed by atoms with van der Waals surface area (Å²) in [6.07, 6.45) is 3.28. The first-order chi connectivity index (χ1) is 15.1. The highest BCUT2D eigenvalue weighted by Gasteiger charge is 2.10. The summed E-state index contributed by atoms with van der Waals surface area (Å²) in [4.78, 5) is 28.7. The van der Waals surface area contributed by atoms with Crippen molar-refractivity contribution in [3.63, 3.8) is 0 Å². The van der Waals surface area contributed by atoms with Crippen LogP contribution in [0.4, 0.5) is 15.8 Å². The van der Waals surface area contributed by atoms with E-state index in [4.69, 9.17) is 0 Å². The molecule has 1 aromatic heterocycles. The van der Waals surface area contributed by atoms with Crippen LogP contribution in [-0.4, -0.2) is 21.4 Å². The molecule has 0 fully saturated rings. The van der Waals surface area contributed by atoms with Crippen molar-refractivity contribution in [3.8, 4) is 0 Å². The lowest BCUT2D eigenvalue weighted by Crippen LogP contribution is -2.12. The SMILES string of the molecule is O=C(Nc1ccc(Cn2cnc(C(=O)Nc3ccccc3)c2)cc1)c1ccc(F)cc1. The summed E-state index contributed by atoms with van der Waals surface area (Å²) in [6, 6.07) is 21.9. The molecule has 3 aromatic carbocycles. The fourth-order valence-corrected chi connectivity index (χ4v) is 2.99. The number of aromatic nitrogens is 2. The molecule has 0 radical (unpaired) electrons. The summed E-state index contributed by atoms with van der Waals surface area (Å²) in [5.41, 5.74) is 3.02. The number of amides is 2. The summed E-state index contributed by atoms with van der Waals surface area (Å²) < 4.78 is 14.8. The van der Waals surface area contributed by atoms with E-state index in [-0.39, 0.29) is 17.6 Å². The fraction of sp³-hybridized carbons (Fsp3) is 0.0417. The van der Waals surface area contributed by atoms with E-state index >= 15 is 0 Å². The number of benzene rings is 3. The zero-order valence-electron chi connectivity index (χ0n) is 16.5. The standard InChI is InChI=1S/C24H19FN4O2/c25-19-10-8-18(9-11-19)23(30)27-21-12-6-17(7-13-21)14-29-15-22(26-16-29)24(31)28-20-4-2-1-3-5-20/h1-13,15-16H,14H2,(H,27,30)(H,28,31). The Morgan fingerprint density at radius 3 is 2.16 bits per heavy atom. The molecule has 6 nitrogen and oxygen atoms in total. The van der Waals surface area contributed by atoms with Gasteiger partial charge in [0.25, 0.3) is 11.8 Å². The third kappa shape index (κ3) is 5.22. The number of para-hydroxylation sites is 1. The van der Waals surface area contributed by atoms with Crippen LogP contribution in [0.1, 0.15) is 26.4 Å². The van der Waals surface area contributed by atoms with Gasteiger partial charge in [0, 0.05) is 29.7 Å². The Morgan fingerprint density at radius 2 is 1.45 bits per heavy atom. The number of anilines is 2. The number of carbonyl (C=O) groups excluding carboxylic acids is 2. The minimum absolute atomic E-state index is 0.274. The van der Waals surface area contributed by atoms with Crippen molar-refractivity contribution in [3.05, 3.63) is 114 Å². The largest absolute Gasteiger partial charge is 0.332 e. The van der Waals surface area contributed by atoms with Crippen LogP contribution in [0.15, 0.2) is 91.4 Å². The van der Waals surface area contributed by atoms with Gasteiger partial charge in [0.05, 0.1) is 6.33 Å². The average molecular weight is 414 g/mol. The van der Waals surface area contributed by atoms with Crippen LogP contribution in [0.25, 0.3) is 0 Å². The summed E-state index contributed by atoms with van der Waals surface area (Å²) >= 11 is 0. The van der Waals surface area contributed by atoms with Crippen LogP contribution in [0.2, 0.25) is 0 Å². The molecular weight excluding hydrogens is 395 g/mol. The lowest BCUT2D eigenvalue weighted by molar-refractivity contribution is 0.101. The highest BCUT2D eigenvalue weighted by atomic mass is 19.1. The van der Waals surface area contributed by atoms with Gasteiger partial charge in [0.15, 0.2) is 0 Å². The molecule has 7 heteroatoms. The zero-order chi connectivity index (χ0) is 21.6. The first-order valence-electron chi connectivity index (χ1n) is 9.61. The van der Waals surface area contributed by atoms with Crippen molar-refractivity contribution in [2.24, 2.45) is 0 Å². The second kappa shape index (κ2) is 9.04. The van der Waals surface area contributed by atoms with Crippen molar-refractivity contribution in [1.29, 1.82) is 0 Å². The van der Waals surface area contributed by atoms with E-state index in [1.54, 1.807) is 24.7 Å². The second-order valence-electron chi connectivity index (χ2n) is 6.91. The van der Waals surface area contributed by atoms with E-state index in [1.807, 2.05) is 47.0 Å². The normalized spacial score (nSPS) is 10.5. The van der Waals surface area contributed by atoms with Crippen LogP contribution in [0.3, 0.4) is 0 Å². The third-order valence-corrected chi connectivity index (χ3v) is 4.58. The summed E-state index contributed by atoms with van der Waals surface area (Å²) in [6.45, 7) is 0.526. The Labute approximate surface area is 178 Å². The molecule has 0 unspecified atom stereocenters. The molecular formula is C24H19FN4O2. The van der Waals surface area contributed by atoms with Gasteiger partial charge in [-0.05, 0) is 54.1 Å². The van der Waals surface area contributed by atoms with Crippen molar-refractivity contribution >= 4 is 23.2 Å². The van der Waals surface area contributed by atoms with Crippen molar-refractivity contribution in [2.45, 2.75) is 6.54 Å². The molecule has 2 amide bonds. The molecule has 1 heterocycles. The van der Waals surface area contributed by atoms with Gasteiger partial charge in [-0.15, -0.1) is 0 Å². The fourth-order valence-electron chi connectivity index (χ4n) is 2.99. The zero-order valence-corrected chi connectivity index (χ0v) is 16.5. The molecule has 2 N–H and O–H groups in total. The molecule has 0 aliphatic rings. The maximum absolute atomic E-state index is 13.0. The van der Waals surface area contributed by atoms with E-state index in [2.05, 4.69) is 15.6 Å². The lowest BCUT2D eigenvalue weighted by atomic mass is 10.1. The molecule has 4 aromatic rings. The summed E-state index contributed by atoms with van der Waals surface area (Å²) in [5, 5.41) is 5.58. The van der Waals surface area contributed by atoms with Crippen LogP contribution < -0.4 is 10.6 Å². The Bertz CT molecular complexity index is 1190. The second-order valence-corrected chi connectivity index (χ2v) is 6.91. The Hall–Kier alpha value is -4.26. The highest BCUT2D eigenvalue weighted by molar-refractivity contribution is 6.04. The first-order valence-corrected chi connectivity index (χ1v) is 9.61. The van der Waals surface area contributed by atoms with E-state index < -0.39 is 0 Å². The molecule has 0 saturated carbocycles. The first kappa shape index (κ1) is 20.0. The van der Waals surface area contributed by atoms with Gasteiger partial charge in [0.2, 0.25) is 0 Å². The van der Waals surface area contributed by atoms with Crippen LogP contribution in [0, 0.1) is 5.82 Å². The quantitative estimate of drug-likeness (QED) is 0.485. The summed E-state index contributed by atoms with van der Waals surface area (Å²) in [7, 11) is 0. The molecule has 0 saturated heterocycles. The third-order valence-electron chi connectivity index (χ3n) is 4.58. The van der Waals surface area contributed by atoms with Gasteiger partial charge in [-0.25, -0.2) is 9.37 Å². The minimum atomic E-state index is -0.388. The predicted molar refractivity (Wildman–Crippen MR) is 117 cm³/mol. The lowest BCUT2D eigenvalue weighted by Gasteiger charge is -2.07. The number of rotatable bonds is 6. The van der Waals surface area contributed by atoms with Crippen LogP contribution in [0.5, 0.6) is 0 Å². The smallest absolute Gasteiger partial charge is 0.275 e. The maximum Gasteiger partial charge on any atom is 0.275 e. The molecule has 4 rings (SSSR count). The molecule has 0 spiro atoms. The van der Waals surface area contributed by atoms with E-state index in [0.717, 1.165) is 5.56 Å². The topological polar surface area (TPSA) is 76.0 Å². The van der Waals surface area contributed by atoms with Crippen molar-refractivity contribution < 1.29 is 14.0 Å². The number of hydrogen-bond donors (Lipinski definition) is 2. The van der Waals surface area contributed by atoms with E-state index in [1.165, 1.54) is 24.3 Å². The number of carbonyl (C=O) groups is 2. The Kier molecular flexibility index (Phi) is 5.84. The number of nitrogens with one attached hydrogen (secondary N) is 2. The number of hydrogen-bond acceptors (Lipinski definition) is 3. The van der Waals surface area contributed by atoms with E-state index in [0.29, 0.717) is 29.2 Å². The van der Waals surface area contributed by atoms with Crippen LogP contribution in [-0.2, 0) is 6.54 Å². The van der Waals surface area contributed by atoms with Crippen molar-refractivity contribution in [1.82, 2.24) is 9.55 Å². The molecule has 154 valence electrons. The van der Waals surface area contributed by atoms with Crippen molar-refractivity contribution in [2.75, 3.05) is 10.6 Å². The van der Waals surface area contributed by atoms with Gasteiger partial charge in [-0.3, -0.25) is 9.59 Å². The molecule has 0 atom stereocenters. The van der Waals surface area contributed by atoms with Gasteiger partial charge in [-0.1, -0.05) is 30.3 Å². The Morgan fingerprint density at radius 1 is 0.806 bits per heavy atom. The van der Waals surface area contributed by atoms with Gasteiger partial charge in [0.1, 0.15) is 11.5 Å². The molecule has 0 bridgehead atoms. The van der Waals surface area contributed by atoms with Gasteiger partial charge in [-0.2, -0.15) is 0 Å². The monoisotopic (exact) mass is 414 g/mol. The molecule has 0 aliphatic heterocycles. The Balaban J connectivity index is 1.35. The number of halogens is 1. The number of nitrogens with zero attached hydrogens (tertiary/aromatic N) is 2. The minimum Gasteiger partial charge on any atom is -0.332 e. The maximum atomic E-state index is 13.0.